The smallest absolute Gasteiger partial charge is 0.322 e. The number of ether oxygens (including phenoxy) is 2. The summed E-state index contributed by atoms with van der Waals surface area (Å²) < 4.78 is 34.4. The van der Waals surface area contributed by atoms with Crippen molar-refractivity contribution in [3.8, 4) is 0 Å². The normalized spacial score (nSPS) is 24.2. The molecule has 0 aromatic carbocycles. The van der Waals surface area contributed by atoms with Gasteiger partial charge in [0.25, 0.3) is 0 Å². The molecule has 1 aliphatic rings. The first-order valence-electron chi connectivity index (χ1n) is 6.03. The van der Waals surface area contributed by atoms with Crippen LogP contribution in [0.4, 0.5) is 0 Å². The highest BCUT2D eigenvalue weighted by atomic mass is 32.2. The maximum absolute atomic E-state index is 12.0. The fourth-order valence-corrected chi connectivity index (χ4v) is 3.46. The summed E-state index contributed by atoms with van der Waals surface area (Å²) in [6.07, 6.45) is 0. The Morgan fingerprint density at radius 3 is 2.47 bits per heavy atom. The van der Waals surface area contributed by atoms with E-state index in [4.69, 9.17) is 0 Å². The second-order valence-corrected chi connectivity index (χ2v) is 6.45. The van der Waals surface area contributed by atoms with Gasteiger partial charge in [0.05, 0.1) is 19.6 Å². The summed E-state index contributed by atoms with van der Waals surface area (Å²) in [5.41, 5.74) is 0. The molecule has 7 nitrogen and oxygen atoms in total. The van der Waals surface area contributed by atoms with E-state index < -0.39 is 33.6 Å². The molecule has 0 aromatic rings. The van der Waals surface area contributed by atoms with E-state index in [1.807, 2.05) is 0 Å². The summed E-state index contributed by atoms with van der Waals surface area (Å²) in [6.45, 7) is 3.78. The molecule has 1 saturated heterocycles. The van der Waals surface area contributed by atoms with Crippen LogP contribution in [0.3, 0.4) is 0 Å². The zero-order chi connectivity index (χ0) is 14.6. The minimum atomic E-state index is -3.74. The van der Waals surface area contributed by atoms with Gasteiger partial charge < -0.3 is 9.47 Å². The second kappa shape index (κ2) is 6.33. The van der Waals surface area contributed by atoms with Crippen LogP contribution < -0.4 is 0 Å². The molecular formula is C11H19NO6S. The third-order valence-electron chi connectivity index (χ3n) is 3.08. The molecule has 1 rings (SSSR count). The number of carbonyl (C=O) groups is 2. The van der Waals surface area contributed by atoms with Gasteiger partial charge in [-0.25, -0.2) is 12.7 Å². The van der Waals surface area contributed by atoms with Crippen molar-refractivity contribution in [1.29, 1.82) is 0 Å². The van der Waals surface area contributed by atoms with E-state index in [-0.39, 0.29) is 25.6 Å². The van der Waals surface area contributed by atoms with Gasteiger partial charge in [-0.05, 0) is 12.8 Å². The van der Waals surface area contributed by atoms with Crippen LogP contribution in [0, 0.1) is 11.8 Å². The van der Waals surface area contributed by atoms with E-state index in [1.165, 1.54) is 7.11 Å². The lowest BCUT2D eigenvalue weighted by Crippen LogP contribution is -2.35. The van der Waals surface area contributed by atoms with Crippen LogP contribution in [-0.4, -0.2) is 57.2 Å². The first kappa shape index (κ1) is 15.9. The van der Waals surface area contributed by atoms with Gasteiger partial charge >= 0.3 is 11.9 Å². The van der Waals surface area contributed by atoms with Gasteiger partial charge in [-0.1, -0.05) is 6.92 Å². The Hall–Kier alpha value is -1.15. The summed E-state index contributed by atoms with van der Waals surface area (Å²) in [4.78, 5) is 22.7. The minimum absolute atomic E-state index is 0.0512. The molecule has 0 N–H and O–H groups in total. The van der Waals surface area contributed by atoms with E-state index in [9.17, 15) is 18.0 Å². The lowest BCUT2D eigenvalue weighted by molar-refractivity contribution is -0.146. The lowest BCUT2D eigenvalue weighted by Gasteiger charge is -2.15. The Balaban J connectivity index is 2.71. The molecule has 0 bridgehead atoms. The third kappa shape index (κ3) is 3.90. The molecule has 19 heavy (non-hydrogen) atoms. The Morgan fingerprint density at radius 2 is 1.95 bits per heavy atom. The van der Waals surface area contributed by atoms with Crippen LogP contribution >= 0.6 is 0 Å². The standard InChI is InChI=1S/C11H19NO6S/c1-4-18-10(13)7-19(15,16)12-5-8(2)9(6-12)11(14)17-3/h8-9H,4-7H2,1-3H3. The van der Waals surface area contributed by atoms with Gasteiger partial charge in [-0.2, -0.15) is 0 Å². The molecule has 0 aromatic heterocycles. The molecule has 0 aliphatic carbocycles. The summed E-state index contributed by atoms with van der Waals surface area (Å²) in [6, 6.07) is 0. The molecule has 2 unspecified atom stereocenters. The molecule has 110 valence electrons. The quantitative estimate of drug-likeness (QED) is 0.642. The molecule has 1 fully saturated rings. The van der Waals surface area contributed by atoms with Gasteiger partial charge in [0.15, 0.2) is 5.75 Å². The number of hydrogen-bond acceptors (Lipinski definition) is 6. The highest BCUT2D eigenvalue weighted by molar-refractivity contribution is 7.89. The van der Waals surface area contributed by atoms with Crippen molar-refractivity contribution < 1.29 is 27.5 Å². The maximum atomic E-state index is 12.0. The van der Waals surface area contributed by atoms with Crippen molar-refractivity contribution in [2.45, 2.75) is 13.8 Å². The minimum Gasteiger partial charge on any atom is -0.469 e. The summed E-state index contributed by atoms with van der Waals surface area (Å²) in [5.74, 6) is -2.52. The zero-order valence-electron chi connectivity index (χ0n) is 11.3. The lowest BCUT2D eigenvalue weighted by atomic mass is 9.99. The Labute approximate surface area is 112 Å². The van der Waals surface area contributed by atoms with Crippen LogP contribution in [0.15, 0.2) is 0 Å². The van der Waals surface area contributed by atoms with Gasteiger partial charge in [-0.3, -0.25) is 9.59 Å². The maximum Gasteiger partial charge on any atom is 0.322 e. The number of sulfonamides is 1. The third-order valence-corrected chi connectivity index (χ3v) is 4.77. The summed E-state index contributed by atoms with van der Waals surface area (Å²) >= 11 is 0. The van der Waals surface area contributed by atoms with Crippen molar-refractivity contribution in [2.75, 3.05) is 32.6 Å². The predicted molar refractivity (Wildman–Crippen MR) is 66.7 cm³/mol. The van der Waals surface area contributed by atoms with E-state index in [2.05, 4.69) is 9.47 Å². The molecule has 0 spiro atoms. The SMILES string of the molecule is CCOC(=O)CS(=O)(=O)N1CC(C)C(C(=O)OC)C1. The molecule has 0 saturated carbocycles. The number of carbonyl (C=O) groups excluding carboxylic acids is 2. The average Bonchev–Trinajstić information content (AvgIpc) is 2.70. The highest BCUT2D eigenvalue weighted by Gasteiger charge is 2.41. The van der Waals surface area contributed by atoms with E-state index in [0.717, 1.165) is 4.31 Å². The molecule has 1 heterocycles. The van der Waals surface area contributed by atoms with E-state index in [0.29, 0.717) is 0 Å². The average molecular weight is 293 g/mol. The van der Waals surface area contributed by atoms with Crippen LogP contribution in [0.2, 0.25) is 0 Å². The fourth-order valence-electron chi connectivity index (χ4n) is 2.05. The van der Waals surface area contributed by atoms with Crippen LogP contribution in [0.25, 0.3) is 0 Å². The number of nitrogens with zero attached hydrogens (tertiary/aromatic N) is 1. The van der Waals surface area contributed by atoms with Gasteiger partial charge in [-0.15, -0.1) is 0 Å². The first-order valence-corrected chi connectivity index (χ1v) is 7.64. The summed E-state index contributed by atoms with van der Waals surface area (Å²) in [7, 11) is -2.47. The van der Waals surface area contributed by atoms with Crippen LogP contribution in [-0.2, 0) is 29.1 Å². The number of esters is 2. The molecular weight excluding hydrogens is 274 g/mol. The monoisotopic (exact) mass is 293 g/mol. The molecule has 2 atom stereocenters. The molecule has 1 aliphatic heterocycles. The van der Waals surface area contributed by atoms with Crippen molar-refractivity contribution in [3.63, 3.8) is 0 Å². The van der Waals surface area contributed by atoms with E-state index in [1.54, 1.807) is 13.8 Å². The van der Waals surface area contributed by atoms with E-state index >= 15 is 0 Å². The molecule has 0 radical (unpaired) electrons. The van der Waals surface area contributed by atoms with Gasteiger partial charge in [0.2, 0.25) is 10.0 Å². The van der Waals surface area contributed by atoms with Gasteiger partial charge in [0, 0.05) is 13.1 Å². The highest BCUT2D eigenvalue weighted by Crippen LogP contribution is 2.26. The van der Waals surface area contributed by atoms with Crippen molar-refractivity contribution in [1.82, 2.24) is 4.31 Å². The first-order chi connectivity index (χ1) is 8.81. The second-order valence-electron chi connectivity index (χ2n) is 4.49. The molecule has 0 amide bonds. The van der Waals surface area contributed by atoms with Crippen molar-refractivity contribution in [2.24, 2.45) is 11.8 Å². The van der Waals surface area contributed by atoms with Crippen LogP contribution in [0.5, 0.6) is 0 Å². The predicted octanol–water partition coefficient (Wildman–Crippen LogP) is -0.380. The fraction of sp³-hybridized carbons (Fsp3) is 0.818. The number of methoxy groups -OCH3 is 1. The van der Waals surface area contributed by atoms with Crippen LogP contribution in [0.1, 0.15) is 13.8 Å². The Bertz CT molecular complexity index is 446. The van der Waals surface area contributed by atoms with Crippen molar-refractivity contribution >= 4 is 22.0 Å². The number of rotatable bonds is 5. The number of hydrogen-bond donors (Lipinski definition) is 0. The topological polar surface area (TPSA) is 90.0 Å². The Kier molecular flexibility index (Phi) is 5.30. The zero-order valence-corrected chi connectivity index (χ0v) is 12.1. The Morgan fingerprint density at radius 1 is 1.32 bits per heavy atom. The largest absolute Gasteiger partial charge is 0.469 e. The van der Waals surface area contributed by atoms with Gasteiger partial charge in [0.1, 0.15) is 0 Å². The summed E-state index contributed by atoms with van der Waals surface area (Å²) in [5, 5.41) is 0. The van der Waals surface area contributed by atoms with Crippen molar-refractivity contribution in [3.05, 3.63) is 0 Å². The molecule has 8 heteroatoms.